The van der Waals surface area contributed by atoms with Crippen molar-refractivity contribution in [2.24, 2.45) is 0 Å². The molecule has 3 rings (SSSR count). The smallest absolute Gasteiger partial charge is 0.189 e. The van der Waals surface area contributed by atoms with Crippen molar-refractivity contribution >= 4 is 34.4 Å². The Labute approximate surface area is 137 Å². The van der Waals surface area contributed by atoms with Gasteiger partial charge in [-0.3, -0.25) is 4.79 Å². The van der Waals surface area contributed by atoms with E-state index in [1.807, 2.05) is 18.2 Å². The number of phenols is 1. The van der Waals surface area contributed by atoms with Crippen LogP contribution in [0.5, 0.6) is 11.5 Å². The van der Waals surface area contributed by atoms with Crippen LogP contribution < -0.4 is 4.74 Å². The number of ether oxygens (including phenoxy) is 1. The van der Waals surface area contributed by atoms with Gasteiger partial charge in [-0.25, -0.2) is 0 Å². The Morgan fingerprint density at radius 3 is 2.78 bits per heavy atom. The summed E-state index contributed by atoms with van der Waals surface area (Å²) in [4.78, 5) is 12.2. The van der Waals surface area contributed by atoms with Crippen molar-refractivity contribution in [1.29, 1.82) is 0 Å². The van der Waals surface area contributed by atoms with E-state index in [0.717, 1.165) is 5.39 Å². The fourth-order valence-electron chi connectivity index (χ4n) is 2.22. The second kappa shape index (κ2) is 6.18. The summed E-state index contributed by atoms with van der Waals surface area (Å²) < 4.78 is 10.7. The van der Waals surface area contributed by atoms with Gasteiger partial charge in [0.05, 0.1) is 17.7 Å². The highest BCUT2D eigenvalue weighted by molar-refractivity contribution is 6.36. The Bertz CT molecular complexity index is 909. The lowest BCUT2D eigenvalue weighted by atomic mass is 10.1. The normalized spacial score (nSPS) is 11.2. The first-order chi connectivity index (χ1) is 11.1. The number of para-hydroxylation sites is 1. The summed E-state index contributed by atoms with van der Waals surface area (Å²) in [5.74, 6) is 0.388. The number of rotatable bonds is 4. The SMILES string of the molecule is COc1ccc(O)c(C(=O)C=Cc2oc3ccccc3c2Cl)c1. The molecule has 2 aromatic carbocycles. The number of phenolic OH excluding ortho intramolecular Hbond substituents is 1. The Morgan fingerprint density at radius 2 is 2.04 bits per heavy atom. The molecule has 0 unspecified atom stereocenters. The number of carbonyl (C=O) groups excluding carboxylic acids is 1. The number of furan rings is 1. The van der Waals surface area contributed by atoms with E-state index in [1.165, 1.54) is 31.4 Å². The van der Waals surface area contributed by atoms with Gasteiger partial charge < -0.3 is 14.3 Å². The van der Waals surface area contributed by atoms with Gasteiger partial charge in [-0.15, -0.1) is 0 Å². The quantitative estimate of drug-likeness (QED) is 0.557. The summed E-state index contributed by atoms with van der Waals surface area (Å²) in [5, 5.41) is 11.0. The molecule has 0 fully saturated rings. The zero-order valence-electron chi connectivity index (χ0n) is 12.2. The molecule has 23 heavy (non-hydrogen) atoms. The maximum atomic E-state index is 12.2. The molecule has 4 nitrogen and oxygen atoms in total. The number of ketones is 1. The predicted molar refractivity (Wildman–Crippen MR) is 89.2 cm³/mol. The van der Waals surface area contributed by atoms with E-state index in [0.29, 0.717) is 22.1 Å². The van der Waals surface area contributed by atoms with Crippen molar-refractivity contribution in [3.05, 3.63) is 64.9 Å². The maximum absolute atomic E-state index is 12.2. The topological polar surface area (TPSA) is 59.7 Å². The Kier molecular flexibility index (Phi) is 4.08. The van der Waals surface area contributed by atoms with E-state index >= 15 is 0 Å². The van der Waals surface area contributed by atoms with Crippen LogP contribution in [0.2, 0.25) is 5.02 Å². The molecule has 0 bridgehead atoms. The van der Waals surface area contributed by atoms with E-state index < -0.39 is 0 Å². The van der Waals surface area contributed by atoms with Crippen LogP contribution >= 0.6 is 11.6 Å². The maximum Gasteiger partial charge on any atom is 0.189 e. The number of halogens is 1. The van der Waals surface area contributed by atoms with Crippen LogP contribution in [0.1, 0.15) is 16.1 Å². The summed E-state index contributed by atoms with van der Waals surface area (Å²) in [6, 6.07) is 11.8. The second-order valence-corrected chi connectivity index (χ2v) is 5.24. The summed E-state index contributed by atoms with van der Waals surface area (Å²) >= 11 is 6.24. The molecule has 0 saturated heterocycles. The van der Waals surface area contributed by atoms with Crippen molar-refractivity contribution in [1.82, 2.24) is 0 Å². The van der Waals surface area contributed by atoms with E-state index in [-0.39, 0.29) is 17.1 Å². The number of carbonyl (C=O) groups is 1. The first-order valence-electron chi connectivity index (χ1n) is 6.86. The fraction of sp³-hybridized carbons (Fsp3) is 0.0556. The van der Waals surface area contributed by atoms with Crippen LogP contribution in [0, 0.1) is 0 Å². The standard InChI is InChI=1S/C18H13ClO4/c1-22-11-6-7-14(20)13(10-11)15(21)8-9-17-18(19)12-4-2-3-5-16(12)23-17/h2-10,20H,1H3. The summed E-state index contributed by atoms with van der Waals surface area (Å²) in [6.07, 6.45) is 2.79. The van der Waals surface area contributed by atoms with Crippen molar-refractivity contribution in [2.45, 2.75) is 0 Å². The number of aromatic hydroxyl groups is 1. The zero-order chi connectivity index (χ0) is 16.4. The predicted octanol–water partition coefficient (Wildman–Crippen LogP) is 4.70. The van der Waals surface area contributed by atoms with Gasteiger partial charge in [-0.2, -0.15) is 0 Å². The van der Waals surface area contributed by atoms with Crippen LogP contribution in [0.15, 0.2) is 53.0 Å². The molecule has 0 radical (unpaired) electrons. The Balaban J connectivity index is 1.92. The lowest BCUT2D eigenvalue weighted by Crippen LogP contribution is -1.96. The van der Waals surface area contributed by atoms with Gasteiger partial charge in [0, 0.05) is 5.39 Å². The van der Waals surface area contributed by atoms with E-state index in [1.54, 1.807) is 12.1 Å². The molecule has 0 aliphatic carbocycles. The molecule has 0 aliphatic rings. The molecule has 1 heterocycles. The largest absolute Gasteiger partial charge is 0.507 e. The lowest BCUT2D eigenvalue weighted by molar-refractivity contribution is 0.104. The van der Waals surface area contributed by atoms with E-state index in [4.69, 9.17) is 20.8 Å². The minimum Gasteiger partial charge on any atom is -0.507 e. The highest BCUT2D eigenvalue weighted by Gasteiger charge is 2.12. The summed E-state index contributed by atoms with van der Waals surface area (Å²) in [5.41, 5.74) is 0.793. The van der Waals surface area contributed by atoms with Gasteiger partial charge in [0.15, 0.2) is 5.78 Å². The number of hydrogen-bond donors (Lipinski definition) is 1. The molecule has 1 N–H and O–H groups in total. The number of allylic oxidation sites excluding steroid dienone is 1. The highest BCUT2D eigenvalue weighted by Crippen LogP contribution is 2.31. The monoisotopic (exact) mass is 328 g/mol. The van der Waals surface area contributed by atoms with E-state index in [2.05, 4.69) is 0 Å². The first-order valence-corrected chi connectivity index (χ1v) is 7.24. The van der Waals surface area contributed by atoms with Gasteiger partial charge in [-0.05, 0) is 42.5 Å². The Hall–Kier alpha value is -2.72. The van der Waals surface area contributed by atoms with Gasteiger partial charge in [0.2, 0.25) is 0 Å². The molecular formula is C18H13ClO4. The van der Waals surface area contributed by atoms with Crippen molar-refractivity contribution in [3.8, 4) is 11.5 Å². The third-order valence-electron chi connectivity index (χ3n) is 3.42. The average molecular weight is 329 g/mol. The molecular weight excluding hydrogens is 316 g/mol. The van der Waals surface area contributed by atoms with Crippen LogP contribution in [0.25, 0.3) is 17.0 Å². The molecule has 0 atom stereocenters. The fourth-order valence-corrected chi connectivity index (χ4v) is 2.48. The molecule has 1 aromatic heterocycles. The van der Waals surface area contributed by atoms with Gasteiger partial charge in [0.25, 0.3) is 0 Å². The molecule has 0 amide bonds. The number of hydrogen-bond acceptors (Lipinski definition) is 4. The molecule has 3 aromatic rings. The lowest BCUT2D eigenvalue weighted by Gasteiger charge is -2.04. The number of fused-ring (bicyclic) bond motifs is 1. The zero-order valence-corrected chi connectivity index (χ0v) is 13.0. The van der Waals surface area contributed by atoms with Crippen molar-refractivity contribution in [2.75, 3.05) is 7.11 Å². The third-order valence-corrected chi connectivity index (χ3v) is 3.80. The summed E-state index contributed by atoms with van der Waals surface area (Å²) in [7, 11) is 1.49. The molecule has 0 aliphatic heterocycles. The average Bonchev–Trinajstić information content (AvgIpc) is 2.89. The van der Waals surface area contributed by atoms with Gasteiger partial charge in [-0.1, -0.05) is 23.7 Å². The molecule has 5 heteroatoms. The molecule has 0 spiro atoms. The second-order valence-electron chi connectivity index (χ2n) is 4.86. The minimum atomic E-state index is -0.377. The first kappa shape index (κ1) is 15.2. The van der Waals surface area contributed by atoms with Crippen LogP contribution in [-0.4, -0.2) is 18.0 Å². The van der Waals surface area contributed by atoms with Crippen LogP contribution in [0.4, 0.5) is 0 Å². The molecule has 116 valence electrons. The van der Waals surface area contributed by atoms with Crippen molar-refractivity contribution in [3.63, 3.8) is 0 Å². The highest BCUT2D eigenvalue weighted by atomic mass is 35.5. The number of benzene rings is 2. The number of methoxy groups -OCH3 is 1. The Morgan fingerprint density at radius 1 is 1.26 bits per heavy atom. The summed E-state index contributed by atoms with van der Waals surface area (Å²) in [6.45, 7) is 0. The van der Waals surface area contributed by atoms with Crippen LogP contribution in [0.3, 0.4) is 0 Å². The minimum absolute atomic E-state index is 0.115. The third kappa shape index (κ3) is 2.94. The van der Waals surface area contributed by atoms with E-state index in [9.17, 15) is 9.90 Å². The molecule has 0 saturated carbocycles. The van der Waals surface area contributed by atoms with Gasteiger partial charge in [0.1, 0.15) is 22.8 Å². The van der Waals surface area contributed by atoms with Crippen LogP contribution in [-0.2, 0) is 0 Å². The van der Waals surface area contributed by atoms with Crippen molar-refractivity contribution < 1.29 is 19.1 Å². The van der Waals surface area contributed by atoms with Gasteiger partial charge >= 0.3 is 0 Å².